The van der Waals surface area contributed by atoms with Gasteiger partial charge in [0.15, 0.2) is 0 Å². The van der Waals surface area contributed by atoms with E-state index in [9.17, 15) is 4.79 Å². The summed E-state index contributed by atoms with van der Waals surface area (Å²) in [5.74, 6) is -0.0807. The highest BCUT2D eigenvalue weighted by Gasteiger charge is 2.04. The van der Waals surface area contributed by atoms with E-state index < -0.39 is 0 Å². The number of nitrogens with one attached hydrogen (secondary N) is 1. The zero-order valence-corrected chi connectivity index (χ0v) is 11.4. The van der Waals surface area contributed by atoms with E-state index in [2.05, 4.69) is 17.9 Å². The number of rotatable bonds is 8. The molecule has 0 aliphatic rings. The van der Waals surface area contributed by atoms with E-state index in [-0.39, 0.29) is 5.91 Å². The second-order valence-electron chi connectivity index (χ2n) is 3.76. The molecule has 1 aromatic carbocycles. The van der Waals surface area contributed by atoms with Crippen LogP contribution in [-0.4, -0.2) is 39.4 Å². The highest BCUT2D eigenvalue weighted by Crippen LogP contribution is 2.08. The molecule has 0 spiro atoms. The van der Waals surface area contributed by atoms with Crippen LogP contribution >= 0.6 is 12.6 Å². The highest BCUT2D eigenvalue weighted by atomic mass is 32.1. The summed E-state index contributed by atoms with van der Waals surface area (Å²) in [4.78, 5) is 12.5. The molecule has 0 saturated heterocycles. The van der Waals surface area contributed by atoms with Gasteiger partial charge in [-0.05, 0) is 24.6 Å². The smallest absolute Gasteiger partial charge is 0.251 e. The standard InChI is InChI=1S/C13H19NO3S/c1-16-8-9-17-7-3-6-14-13(15)11-4-2-5-12(18)10-11/h2,4-5,10,18H,3,6-9H2,1H3,(H,14,15). The predicted octanol–water partition coefficient (Wildman–Crippen LogP) is 1.76. The van der Waals surface area contributed by atoms with E-state index in [0.717, 1.165) is 11.3 Å². The van der Waals surface area contributed by atoms with Gasteiger partial charge >= 0.3 is 0 Å². The first-order chi connectivity index (χ1) is 8.74. The van der Waals surface area contributed by atoms with Gasteiger partial charge in [0.25, 0.3) is 5.91 Å². The van der Waals surface area contributed by atoms with Gasteiger partial charge < -0.3 is 14.8 Å². The third-order valence-corrected chi connectivity index (χ3v) is 2.57. The average Bonchev–Trinajstić information content (AvgIpc) is 2.37. The van der Waals surface area contributed by atoms with Crippen molar-refractivity contribution in [3.05, 3.63) is 29.8 Å². The summed E-state index contributed by atoms with van der Waals surface area (Å²) >= 11 is 4.19. The molecule has 18 heavy (non-hydrogen) atoms. The Kier molecular flexibility index (Phi) is 7.48. The Labute approximate surface area is 113 Å². The monoisotopic (exact) mass is 269 g/mol. The van der Waals surface area contributed by atoms with Crippen LogP contribution < -0.4 is 5.32 Å². The Bertz CT molecular complexity index is 371. The van der Waals surface area contributed by atoms with E-state index >= 15 is 0 Å². The van der Waals surface area contributed by atoms with Crippen molar-refractivity contribution in [2.45, 2.75) is 11.3 Å². The number of carbonyl (C=O) groups is 1. The molecular weight excluding hydrogens is 250 g/mol. The lowest BCUT2D eigenvalue weighted by atomic mass is 10.2. The van der Waals surface area contributed by atoms with Crippen LogP contribution in [0.4, 0.5) is 0 Å². The Morgan fingerprint density at radius 3 is 2.89 bits per heavy atom. The molecule has 5 heteroatoms. The number of carbonyl (C=O) groups excluding carboxylic acids is 1. The Hall–Kier alpha value is -1.04. The predicted molar refractivity (Wildman–Crippen MR) is 73.3 cm³/mol. The number of hydrogen-bond donors (Lipinski definition) is 2. The fourth-order valence-corrected chi connectivity index (χ4v) is 1.59. The summed E-state index contributed by atoms with van der Waals surface area (Å²) in [6.07, 6.45) is 0.788. The van der Waals surface area contributed by atoms with E-state index in [1.54, 1.807) is 19.2 Å². The van der Waals surface area contributed by atoms with E-state index in [4.69, 9.17) is 9.47 Å². The largest absolute Gasteiger partial charge is 0.382 e. The zero-order chi connectivity index (χ0) is 13.2. The van der Waals surface area contributed by atoms with Crippen LogP contribution in [0.2, 0.25) is 0 Å². The molecule has 0 fully saturated rings. The molecule has 0 aromatic heterocycles. The SMILES string of the molecule is COCCOCCCNC(=O)c1cccc(S)c1. The zero-order valence-electron chi connectivity index (χ0n) is 10.5. The number of hydrogen-bond acceptors (Lipinski definition) is 4. The molecule has 0 saturated carbocycles. The maximum Gasteiger partial charge on any atom is 0.251 e. The Balaban J connectivity index is 2.14. The normalized spacial score (nSPS) is 10.3. The van der Waals surface area contributed by atoms with Crippen molar-refractivity contribution in [3.63, 3.8) is 0 Å². The quantitative estimate of drug-likeness (QED) is 0.558. The van der Waals surface area contributed by atoms with Crippen LogP contribution in [0.5, 0.6) is 0 Å². The van der Waals surface area contributed by atoms with Crippen LogP contribution in [0.3, 0.4) is 0 Å². The minimum absolute atomic E-state index is 0.0807. The first-order valence-corrected chi connectivity index (χ1v) is 6.32. The van der Waals surface area contributed by atoms with E-state index in [0.29, 0.717) is 31.9 Å². The molecule has 1 rings (SSSR count). The molecule has 0 radical (unpaired) electrons. The fraction of sp³-hybridized carbons (Fsp3) is 0.462. The number of amides is 1. The summed E-state index contributed by atoms with van der Waals surface area (Å²) in [5, 5.41) is 2.83. The maximum atomic E-state index is 11.7. The molecular formula is C13H19NO3S. The van der Waals surface area contributed by atoms with Crippen LogP contribution in [0.15, 0.2) is 29.2 Å². The van der Waals surface area contributed by atoms with Gasteiger partial charge in [-0.2, -0.15) is 0 Å². The number of methoxy groups -OCH3 is 1. The lowest BCUT2D eigenvalue weighted by Gasteiger charge is -2.06. The van der Waals surface area contributed by atoms with Crippen molar-refractivity contribution in [1.82, 2.24) is 5.32 Å². The van der Waals surface area contributed by atoms with Gasteiger partial charge in [0, 0.05) is 30.7 Å². The topological polar surface area (TPSA) is 47.6 Å². The molecule has 100 valence electrons. The third-order valence-electron chi connectivity index (χ3n) is 2.29. The van der Waals surface area contributed by atoms with Gasteiger partial charge in [0.2, 0.25) is 0 Å². The molecule has 0 atom stereocenters. The Morgan fingerprint density at radius 1 is 1.33 bits per heavy atom. The van der Waals surface area contributed by atoms with E-state index in [1.165, 1.54) is 0 Å². The molecule has 1 N–H and O–H groups in total. The van der Waals surface area contributed by atoms with Crippen LogP contribution in [0.25, 0.3) is 0 Å². The summed E-state index contributed by atoms with van der Waals surface area (Å²) in [6.45, 7) is 2.41. The fourth-order valence-electron chi connectivity index (χ4n) is 1.37. The first kappa shape index (κ1) is 15.0. The van der Waals surface area contributed by atoms with Gasteiger partial charge in [0.05, 0.1) is 13.2 Å². The second kappa shape index (κ2) is 8.97. The van der Waals surface area contributed by atoms with Gasteiger partial charge in [-0.25, -0.2) is 0 Å². The average molecular weight is 269 g/mol. The van der Waals surface area contributed by atoms with E-state index in [1.807, 2.05) is 12.1 Å². The number of ether oxygens (including phenoxy) is 2. The number of thiol groups is 1. The van der Waals surface area contributed by atoms with Crippen molar-refractivity contribution in [1.29, 1.82) is 0 Å². The lowest BCUT2D eigenvalue weighted by Crippen LogP contribution is -2.25. The summed E-state index contributed by atoms with van der Waals surface area (Å²) in [7, 11) is 1.64. The molecule has 0 aliphatic heterocycles. The molecule has 0 unspecified atom stereocenters. The maximum absolute atomic E-state index is 11.7. The highest BCUT2D eigenvalue weighted by molar-refractivity contribution is 7.80. The Morgan fingerprint density at radius 2 is 2.17 bits per heavy atom. The molecule has 0 aliphatic carbocycles. The number of benzene rings is 1. The summed E-state index contributed by atoms with van der Waals surface area (Å²) in [5.41, 5.74) is 0.628. The molecule has 1 amide bonds. The van der Waals surface area contributed by atoms with Gasteiger partial charge in [-0.3, -0.25) is 4.79 Å². The van der Waals surface area contributed by atoms with Crippen LogP contribution in [0.1, 0.15) is 16.8 Å². The molecule has 0 heterocycles. The molecule has 4 nitrogen and oxygen atoms in total. The van der Waals surface area contributed by atoms with Gasteiger partial charge in [-0.15, -0.1) is 12.6 Å². The van der Waals surface area contributed by atoms with Crippen molar-refractivity contribution < 1.29 is 14.3 Å². The van der Waals surface area contributed by atoms with Crippen molar-refractivity contribution in [2.75, 3.05) is 33.5 Å². The van der Waals surface area contributed by atoms with Crippen LogP contribution in [-0.2, 0) is 9.47 Å². The van der Waals surface area contributed by atoms with Crippen molar-refractivity contribution >= 4 is 18.5 Å². The summed E-state index contributed by atoms with van der Waals surface area (Å²) in [6, 6.07) is 7.16. The minimum atomic E-state index is -0.0807. The third kappa shape index (κ3) is 6.05. The molecule has 1 aromatic rings. The molecule has 0 bridgehead atoms. The lowest BCUT2D eigenvalue weighted by molar-refractivity contribution is 0.0688. The van der Waals surface area contributed by atoms with Gasteiger partial charge in [-0.1, -0.05) is 6.07 Å². The van der Waals surface area contributed by atoms with Gasteiger partial charge in [0.1, 0.15) is 0 Å². The van der Waals surface area contributed by atoms with Crippen LogP contribution in [0, 0.1) is 0 Å². The van der Waals surface area contributed by atoms with Crippen molar-refractivity contribution in [3.8, 4) is 0 Å². The minimum Gasteiger partial charge on any atom is -0.382 e. The first-order valence-electron chi connectivity index (χ1n) is 5.88. The summed E-state index contributed by atoms with van der Waals surface area (Å²) < 4.78 is 10.1. The second-order valence-corrected chi connectivity index (χ2v) is 4.28. The van der Waals surface area contributed by atoms with Crippen molar-refractivity contribution in [2.24, 2.45) is 0 Å².